The van der Waals surface area contributed by atoms with Crippen molar-refractivity contribution in [2.45, 2.75) is 39.3 Å². The van der Waals surface area contributed by atoms with Crippen molar-refractivity contribution in [2.24, 2.45) is 5.92 Å². The molecule has 0 unspecified atom stereocenters. The summed E-state index contributed by atoms with van der Waals surface area (Å²) in [5, 5.41) is 2.50. The summed E-state index contributed by atoms with van der Waals surface area (Å²) in [6.07, 6.45) is -1.04. The van der Waals surface area contributed by atoms with Crippen molar-refractivity contribution in [3.05, 3.63) is 35.4 Å². The monoisotopic (exact) mass is 401 g/mol. The number of amides is 5. The van der Waals surface area contributed by atoms with E-state index in [1.165, 1.54) is 19.1 Å². The van der Waals surface area contributed by atoms with Crippen LogP contribution in [0.3, 0.4) is 0 Å². The summed E-state index contributed by atoms with van der Waals surface area (Å²) < 4.78 is 5.29. The number of rotatable bonds is 6. The van der Waals surface area contributed by atoms with Crippen LogP contribution in [0.4, 0.5) is 4.79 Å². The van der Waals surface area contributed by atoms with Crippen LogP contribution in [0.5, 0.6) is 0 Å². The molecule has 2 atom stereocenters. The third kappa shape index (κ3) is 3.85. The number of fused-ring (bicyclic) bond motifs is 1. The van der Waals surface area contributed by atoms with Crippen LogP contribution in [-0.2, 0) is 14.3 Å². The zero-order valence-electron chi connectivity index (χ0n) is 16.5. The molecule has 0 bridgehead atoms. The van der Waals surface area contributed by atoms with Crippen molar-refractivity contribution in [3.63, 3.8) is 0 Å². The zero-order chi connectivity index (χ0) is 21.3. The van der Waals surface area contributed by atoms with Crippen molar-refractivity contribution in [2.75, 3.05) is 13.1 Å². The van der Waals surface area contributed by atoms with Crippen LogP contribution in [0.25, 0.3) is 0 Å². The van der Waals surface area contributed by atoms with E-state index < -0.39 is 41.9 Å². The van der Waals surface area contributed by atoms with E-state index in [9.17, 15) is 24.0 Å². The molecule has 5 amide bonds. The normalized spacial score (nSPS) is 18.0. The summed E-state index contributed by atoms with van der Waals surface area (Å²) in [6, 6.07) is 4.65. The summed E-state index contributed by atoms with van der Waals surface area (Å²) in [5.74, 6) is -2.66. The number of hydrogen-bond donors (Lipinski definition) is 1. The van der Waals surface area contributed by atoms with Crippen LogP contribution >= 0.6 is 0 Å². The highest BCUT2D eigenvalue weighted by atomic mass is 16.5. The topological polar surface area (TPSA) is 113 Å². The molecule has 9 nitrogen and oxygen atoms in total. The number of benzene rings is 1. The van der Waals surface area contributed by atoms with Crippen LogP contribution < -0.4 is 5.32 Å². The average Bonchev–Trinajstić information content (AvgIpc) is 3.21. The first-order valence-corrected chi connectivity index (χ1v) is 9.49. The van der Waals surface area contributed by atoms with E-state index >= 15 is 0 Å². The summed E-state index contributed by atoms with van der Waals surface area (Å²) in [6.45, 7) is 5.58. The van der Waals surface area contributed by atoms with E-state index in [1.807, 2.05) is 13.8 Å². The van der Waals surface area contributed by atoms with E-state index in [4.69, 9.17) is 4.74 Å². The van der Waals surface area contributed by atoms with E-state index in [-0.39, 0.29) is 30.0 Å². The van der Waals surface area contributed by atoms with Gasteiger partial charge in [-0.1, -0.05) is 26.0 Å². The second-order valence-corrected chi connectivity index (χ2v) is 7.47. The molecule has 0 aromatic heterocycles. The molecule has 154 valence electrons. The largest absolute Gasteiger partial charge is 0.451 e. The van der Waals surface area contributed by atoms with Crippen LogP contribution in [0.2, 0.25) is 0 Å². The van der Waals surface area contributed by atoms with Crippen molar-refractivity contribution >= 4 is 29.7 Å². The Morgan fingerprint density at radius 1 is 1.07 bits per heavy atom. The molecule has 0 spiro atoms. The first kappa shape index (κ1) is 20.5. The fourth-order valence-corrected chi connectivity index (χ4v) is 3.45. The summed E-state index contributed by atoms with van der Waals surface area (Å²) in [4.78, 5) is 64.4. The molecule has 1 fully saturated rings. The zero-order valence-corrected chi connectivity index (χ0v) is 16.5. The Hall–Kier alpha value is -3.23. The maximum Gasteiger partial charge on any atom is 0.330 e. The molecule has 9 heteroatoms. The standard InChI is InChI=1S/C20H23N3O6/c1-11(2)10-15(23-17(25)13-6-4-5-7-14(13)18(23)26)19(27)29-12(3)16(24)22-9-8-21-20(22)28/h4-7,11-12,15H,8-10H2,1-3H3,(H,21,28)/t12-,15-/m0/s1. The van der Waals surface area contributed by atoms with Crippen LogP contribution in [0.15, 0.2) is 24.3 Å². The molecule has 2 aliphatic heterocycles. The highest BCUT2D eigenvalue weighted by Gasteiger charge is 2.44. The predicted octanol–water partition coefficient (Wildman–Crippen LogP) is 1.18. The van der Waals surface area contributed by atoms with Crippen molar-refractivity contribution in [1.82, 2.24) is 15.1 Å². The van der Waals surface area contributed by atoms with Gasteiger partial charge < -0.3 is 10.1 Å². The predicted molar refractivity (Wildman–Crippen MR) is 101 cm³/mol. The van der Waals surface area contributed by atoms with Crippen molar-refractivity contribution in [1.29, 1.82) is 0 Å². The van der Waals surface area contributed by atoms with Gasteiger partial charge in [0, 0.05) is 13.1 Å². The maximum absolute atomic E-state index is 12.9. The minimum Gasteiger partial charge on any atom is -0.451 e. The molecule has 2 aliphatic rings. The summed E-state index contributed by atoms with van der Waals surface area (Å²) in [7, 11) is 0. The molecule has 3 rings (SSSR count). The minimum absolute atomic E-state index is 0.0211. The molecule has 0 radical (unpaired) electrons. The number of imide groups is 2. The van der Waals surface area contributed by atoms with Gasteiger partial charge in [0.2, 0.25) is 0 Å². The van der Waals surface area contributed by atoms with Crippen LogP contribution in [-0.4, -0.2) is 64.8 Å². The van der Waals surface area contributed by atoms with Crippen molar-refractivity contribution in [3.8, 4) is 0 Å². The van der Waals surface area contributed by atoms with E-state index in [0.29, 0.717) is 6.54 Å². The number of carbonyl (C=O) groups excluding carboxylic acids is 5. The fraction of sp³-hybridized carbons (Fsp3) is 0.450. The Balaban J connectivity index is 1.79. The van der Waals surface area contributed by atoms with Gasteiger partial charge in [-0.2, -0.15) is 0 Å². The van der Waals surface area contributed by atoms with Crippen molar-refractivity contribution < 1.29 is 28.7 Å². The van der Waals surface area contributed by atoms with Gasteiger partial charge in [-0.25, -0.2) is 9.59 Å². The minimum atomic E-state index is -1.23. The first-order valence-electron chi connectivity index (χ1n) is 9.49. The highest BCUT2D eigenvalue weighted by molar-refractivity contribution is 6.22. The van der Waals surface area contributed by atoms with E-state index in [1.54, 1.807) is 12.1 Å². The Bertz CT molecular complexity index is 846. The van der Waals surface area contributed by atoms with E-state index in [2.05, 4.69) is 5.32 Å². The molecule has 1 aromatic rings. The lowest BCUT2D eigenvalue weighted by Crippen LogP contribution is -2.49. The molecule has 2 heterocycles. The number of nitrogens with one attached hydrogen (secondary N) is 1. The fourth-order valence-electron chi connectivity index (χ4n) is 3.45. The van der Waals surface area contributed by atoms with E-state index in [0.717, 1.165) is 9.80 Å². The van der Waals surface area contributed by atoms with Gasteiger partial charge in [-0.3, -0.25) is 24.2 Å². The lowest BCUT2D eigenvalue weighted by atomic mass is 10.0. The number of carbonyl (C=O) groups is 5. The van der Waals surface area contributed by atoms with Crippen LogP contribution in [0, 0.1) is 5.92 Å². The second kappa shape index (κ2) is 8.02. The lowest BCUT2D eigenvalue weighted by Gasteiger charge is -2.27. The molecule has 1 saturated heterocycles. The number of ether oxygens (including phenoxy) is 1. The molecule has 0 aliphatic carbocycles. The van der Waals surface area contributed by atoms with Gasteiger partial charge in [0.05, 0.1) is 11.1 Å². The molecule has 29 heavy (non-hydrogen) atoms. The number of urea groups is 1. The SMILES string of the molecule is CC(C)C[C@@H](C(=O)O[C@@H](C)C(=O)N1CCNC1=O)N1C(=O)c2ccccc2C1=O. The molecule has 1 N–H and O–H groups in total. The molecule has 0 saturated carbocycles. The van der Waals surface area contributed by atoms with Gasteiger partial charge in [-0.05, 0) is 31.4 Å². The molecule has 1 aromatic carbocycles. The van der Waals surface area contributed by atoms with Gasteiger partial charge >= 0.3 is 12.0 Å². The first-order chi connectivity index (χ1) is 13.7. The smallest absolute Gasteiger partial charge is 0.330 e. The number of hydrogen-bond acceptors (Lipinski definition) is 6. The third-order valence-corrected chi connectivity index (χ3v) is 4.87. The van der Waals surface area contributed by atoms with Crippen LogP contribution in [0.1, 0.15) is 47.9 Å². The summed E-state index contributed by atoms with van der Waals surface area (Å²) >= 11 is 0. The quantitative estimate of drug-likeness (QED) is 0.566. The Morgan fingerprint density at radius 3 is 2.14 bits per heavy atom. The van der Waals surface area contributed by atoms with Gasteiger partial charge in [0.25, 0.3) is 17.7 Å². The third-order valence-electron chi connectivity index (χ3n) is 4.87. The average molecular weight is 401 g/mol. The lowest BCUT2D eigenvalue weighted by molar-refractivity contribution is -0.161. The maximum atomic E-state index is 12.9. The summed E-state index contributed by atoms with van der Waals surface area (Å²) in [5.41, 5.74) is 0.467. The number of nitrogens with zero attached hydrogens (tertiary/aromatic N) is 2. The van der Waals surface area contributed by atoms with Gasteiger partial charge in [-0.15, -0.1) is 0 Å². The van der Waals surface area contributed by atoms with Gasteiger partial charge in [0.1, 0.15) is 6.04 Å². The Kier molecular flexibility index (Phi) is 5.67. The Labute approximate surface area is 168 Å². The highest BCUT2D eigenvalue weighted by Crippen LogP contribution is 2.27. The molecular formula is C20H23N3O6. The number of esters is 1. The Morgan fingerprint density at radius 2 is 1.66 bits per heavy atom. The van der Waals surface area contributed by atoms with Gasteiger partial charge in [0.15, 0.2) is 6.10 Å². The second-order valence-electron chi connectivity index (χ2n) is 7.47. The molecular weight excluding hydrogens is 378 g/mol.